The van der Waals surface area contributed by atoms with Gasteiger partial charge in [-0.15, -0.1) is 0 Å². The SMILES string of the molecule is NCC[C@H](O)C1=COCCC1. The maximum atomic E-state index is 9.45. The van der Waals surface area contributed by atoms with Crippen molar-refractivity contribution in [3.63, 3.8) is 0 Å². The topological polar surface area (TPSA) is 55.5 Å². The standard InChI is InChI=1S/C8H15NO2/c9-4-3-8(10)7-2-1-5-11-6-7/h6,8,10H,1-5,9H2/t8-/m0/s1. The van der Waals surface area contributed by atoms with E-state index in [-0.39, 0.29) is 6.10 Å². The molecule has 0 amide bonds. The summed E-state index contributed by atoms with van der Waals surface area (Å²) >= 11 is 0. The zero-order valence-corrected chi connectivity index (χ0v) is 6.62. The molecule has 1 rings (SSSR count). The third-order valence-electron chi connectivity index (χ3n) is 1.83. The summed E-state index contributed by atoms with van der Waals surface area (Å²) in [4.78, 5) is 0. The van der Waals surface area contributed by atoms with Crippen molar-refractivity contribution in [1.82, 2.24) is 0 Å². The molecule has 0 aromatic carbocycles. The van der Waals surface area contributed by atoms with Gasteiger partial charge in [-0.2, -0.15) is 0 Å². The Morgan fingerprint density at radius 2 is 2.55 bits per heavy atom. The fourth-order valence-corrected chi connectivity index (χ4v) is 1.17. The number of ether oxygens (including phenoxy) is 1. The molecule has 0 spiro atoms. The summed E-state index contributed by atoms with van der Waals surface area (Å²) in [6, 6.07) is 0. The molecule has 1 aliphatic rings. The van der Waals surface area contributed by atoms with E-state index in [0.29, 0.717) is 13.0 Å². The quantitative estimate of drug-likeness (QED) is 0.623. The first-order chi connectivity index (χ1) is 5.34. The highest BCUT2D eigenvalue weighted by molar-refractivity contribution is 5.06. The van der Waals surface area contributed by atoms with E-state index in [9.17, 15) is 5.11 Å². The first-order valence-electron chi connectivity index (χ1n) is 4.03. The van der Waals surface area contributed by atoms with Crippen molar-refractivity contribution in [2.45, 2.75) is 25.4 Å². The van der Waals surface area contributed by atoms with Crippen LogP contribution in [0.15, 0.2) is 11.8 Å². The molecule has 0 radical (unpaired) electrons. The van der Waals surface area contributed by atoms with E-state index in [4.69, 9.17) is 10.5 Å². The number of hydrogen-bond donors (Lipinski definition) is 2. The smallest absolute Gasteiger partial charge is 0.0876 e. The Morgan fingerprint density at radius 1 is 1.73 bits per heavy atom. The van der Waals surface area contributed by atoms with Crippen LogP contribution in [0.5, 0.6) is 0 Å². The summed E-state index contributed by atoms with van der Waals surface area (Å²) in [5, 5.41) is 9.45. The minimum Gasteiger partial charge on any atom is -0.501 e. The molecule has 0 bridgehead atoms. The fraction of sp³-hybridized carbons (Fsp3) is 0.750. The molecule has 0 saturated heterocycles. The summed E-state index contributed by atoms with van der Waals surface area (Å²) in [5.74, 6) is 0. The second-order valence-electron chi connectivity index (χ2n) is 2.76. The predicted octanol–water partition coefficient (Wildman–Crippen LogP) is 0.390. The molecule has 1 heterocycles. The maximum Gasteiger partial charge on any atom is 0.0876 e. The van der Waals surface area contributed by atoms with Gasteiger partial charge in [-0.05, 0) is 31.4 Å². The van der Waals surface area contributed by atoms with E-state index in [2.05, 4.69) is 0 Å². The molecule has 0 aromatic rings. The molecule has 3 N–H and O–H groups in total. The van der Waals surface area contributed by atoms with Gasteiger partial charge in [-0.3, -0.25) is 0 Å². The summed E-state index contributed by atoms with van der Waals surface area (Å²) < 4.78 is 5.09. The van der Waals surface area contributed by atoms with Crippen molar-refractivity contribution < 1.29 is 9.84 Å². The highest BCUT2D eigenvalue weighted by Crippen LogP contribution is 2.16. The molecule has 0 saturated carbocycles. The van der Waals surface area contributed by atoms with Gasteiger partial charge in [-0.1, -0.05) is 0 Å². The first kappa shape index (κ1) is 8.56. The van der Waals surface area contributed by atoms with E-state index >= 15 is 0 Å². The van der Waals surface area contributed by atoms with Crippen molar-refractivity contribution in [3.8, 4) is 0 Å². The summed E-state index contributed by atoms with van der Waals surface area (Å²) in [5.41, 5.74) is 6.30. The van der Waals surface area contributed by atoms with E-state index in [1.807, 2.05) is 0 Å². The minimum atomic E-state index is -0.389. The lowest BCUT2D eigenvalue weighted by molar-refractivity contribution is 0.164. The van der Waals surface area contributed by atoms with Crippen molar-refractivity contribution in [2.24, 2.45) is 5.73 Å². The number of aliphatic hydroxyl groups excluding tert-OH is 1. The molecule has 3 nitrogen and oxygen atoms in total. The Kier molecular flexibility index (Phi) is 3.39. The number of aliphatic hydroxyl groups is 1. The van der Waals surface area contributed by atoms with Crippen LogP contribution in [0.2, 0.25) is 0 Å². The van der Waals surface area contributed by atoms with Gasteiger partial charge < -0.3 is 15.6 Å². The summed E-state index contributed by atoms with van der Waals surface area (Å²) in [6.45, 7) is 1.30. The fourth-order valence-electron chi connectivity index (χ4n) is 1.17. The number of rotatable bonds is 3. The Labute approximate surface area is 66.8 Å². The highest BCUT2D eigenvalue weighted by Gasteiger charge is 2.12. The molecule has 0 aliphatic carbocycles. The lowest BCUT2D eigenvalue weighted by Crippen LogP contribution is -2.18. The molecular weight excluding hydrogens is 142 g/mol. The van der Waals surface area contributed by atoms with E-state index in [1.165, 1.54) is 0 Å². The summed E-state index contributed by atoms with van der Waals surface area (Å²) in [6.07, 6.45) is 3.87. The molecule has 1 atom stereocenters. The third-order valence-corrected chi connectivity index (χ3v) is 1.83. The van der Waals surface area contributed by atoms with Crippen molar-refractivity contribution >= 4 is 0 Å². The van der Waals surface area contributed by atoms with Crippen molar-refractivity contribution in [2.75, 3.05) is 13.2 Å². The van der Waals surface area contributed by atoms with Gasteiger partial charge in [0.2, 0.25) is 0 Å². The average Bonchev–Trinajstić information content (AvgIpc) is 2.07. The second-order valence-corrected chi connectivity index (χ2v) is 2.76. The molecular formula is C8H15NO2. The molecule has 64 valence electrons. The molecule has 0 fully saturated rings. The van der Waals surface area contributed by atoms with E-state index in [0.717, 1.165) is 25.0 Å². The second kappa shape index (κ2) is 4.36. The van der Waals surface area contributed by atoms with Crippen LogP contribution in [0, 0.1) is 0 Å². The van der Waals surface area contributed by atoms with E-state index < -0.39 is 0 Å². The van der Waals surface area contributed by atoms with Gasteiger partial charge >= 0.3 is 0 Å². The van der Waals surface area contributed by atoms with Crippen LogP contribution < -0.4 is 5.73 Å². The Bertz CT molecular complexity index is 145. The predicted molar refractivity (Wildman–Crippen MR) is 42.9 cm³/mol. The normalized spacial score (nSPS) is 20.4. The Balaban J connectivity index is 2.37. The maximum absolute atomic E-state index is 9.45. The first-order valence-corrected chi connectivity index (χ1v) is 4.03. The number of hydrogen-bond acceptors (Lipinski definition) is 3. The molecule has 1 aliphatic heterocycles. The van der Waals surface area contributed by atoms with Gasteiger partial charge in [0.05, 0.1) is 19.0 Å². The van der Waals surface area contributed by atoms with Crippen molar-refractivity contribution in [3.05, 3.63) is 11.8 Å². The lowest BCUT2D eigenvalue weighted by Gasteiger charge is -2.17. The van der Waals surface area contributed by atoms with Crippen LogP contribution in [0.3, 0.4) is 0 Å². The average molecular weight is 157 g/mol. The zero-order chi connectivity index (χ0) is 8.10. The number of nitrogens with two attached hydrogens (primary N) is 1. The van der Waals surface area contributed by atoms with Crippen LogP contribution in [-0.2, 0) is 4.74 Å². The third kappa shape index (κ3) is 2.52. The Morgan fingerprint density at radius 3 is 3.09 bits per heavy atom. The minimum absolute atomic E-state index is 0.389. The zero-order valence-electron chi connectivity index (χ0n) is 6.62. The van der Waals surface area contributed by atoms with Crippen LogP contribution in [0.4, 0.5) is 0 Å². The summed E-state index contributed by atoms with van der Waals surface area (Å²) in [7, 11) is 0. The van der Waals surface area contributed by atoms with Crippen LogP contribution in [-0.4, -0.2) is 24.4 Å². The lowest BCUT2D eigenvalue weighted by atomic mass is 10.0. The molecule has 3 heteroatoms. The molecule has 0 unspecified atom stereocenters. The van der Waals surface area contributed by atoms with Gasteiger partial charge in [0.25, 0.3) is 0 Å². The van der Waals surface area contributed by atoms with Gasteiger partial charge in [0, 0.05) is 0 Å². The van der Waals surface area contributed by atoms with Crippen molar-refractivity contribution in [1.29, 1.82) is 0 Å². The Hall–Kier alpha value is -0.540. The van der Waals surface area contributed by atoms with Crippen LogP contribution in [0.25, 0.3) is 0 Å². The van der Waals surface area contributed by atoms with Crippen LogP contribution in [0.1, 0.15) is 19.3 Å². The largest absolute Gasteiger partial charge is 0.501 e. The highest BCUT2D eigenvalue weighted by atomic mass is 16.5. The van der Waals surface area contributed by atoms with Gasteiger partial charge in [0.1, 0.15) is 0 Å². The van der Waals surface area contributed by atoms with E-state index in [1.54, 1.807) is 6.26 Å². The van der Waals surface area contributed by atoms with Gasteiger partial charge in [0.15, 0.2) is 0 Å². The van der Waals surface area contributed by atoms with Crippen LogP contribution >= 0.6 is 0 Å². The van der Waals surface area contributed by atoms with Gasteiger partial charge in [-0.25, -0.2) is 0 Å². The molecule has 0 aromatic heterocycles. The monoisotopic (exact) mass is 157 g/mol. The molecule has 11 heavy (non-hydrogen) atoms.